The maximum atomic E-state index is 12.6. The van der Waals surface area contributed by atoms with Crippen LogP contribution in [0.2, 0.25) is 5.02 Å². The maximum absolute atomic E-state index is 12.6. The molecule has 4 rings (SSSR count). The predicted molar refractivity (Wildman–Crippen MR) is 97.4 cm³/mol. The first-order valence-electron chi connectivity index (χ1n) is 7.91. The Morgan fingerprint density at radius 2 is 2.12 bits per heavy atom. The van der Waals surface area contributed by atoms with Crippen LogP contribution in [0, 0.1) is 0 Å². The number of hydrogen-bond donors (Lipinski definition) is 0. The summed E-state index contributed by atoms with van der Waals surface area (Å²) in [6, 6.07) is 13.0. The molecule has 7 heteroatoms. The van der Waals surface area contributed by atoms with Crippen LogP contribution in [0.4, 0.5) is 0 Å². The van der Waals surface area contributed by atoms with E-state index in [0.29, 0.717) is 27.9 Å². The largest absolute Gasteiger partial charge is 0.485 e. The second-order valence-corrected chi connectivity index (χ2v) is 7.00. The Labute approximate surface area is 153 Å². The number of para-hydroxylation sites is 2. The van der Waals surface area contributed by atoms with Crippen molar-refractivity contribution in [2.24, 2.45) is 4.99 Å². The van der Waals surface area contributed by atoms with Crippen molar-refractivity contribution >= 4 is 39.1 Å². The van der Waals surface area contributed by atoms with E-state index in [1.165, 1.54) is 11.3 Å². The number of thiazole rings is 1. The average Bonchev–Trinajstić information content (AvgIpc) is 2.97. The number of benzene rings is 2. The minimum atomic E-state index is -0.742. The fraction of sp³-hybridized carbons (Fsp3) is 0.222. The highest BCUT2D eigenvalue weighted by Crippen LogP contribution is 2.31. The van der Waals surface area contributed by atoms with Gasteiger partial charge in [0.05, 0.1) is 10.2 Å². The van der Waals surface area contributed by atoms with Gasteiger partial charge in [-0.1, -0.05) is 35.1 Å². The van der Waals surface area contributed by atoms with E-state index < -0.39 is 6.10 Å². The minimum Gasteiger partial charge on any atom is -0.485 e. The molecule has 25 heavy (non-hydrogen) atoms. The van der Waals surface area contributed by atoms with Crippen LogP contribution in [0.25, 0.3) is 10.2 Å². The van der Waals surface area contributed by atoms with Crippen molar-refractivity contribution in [2.45, 2.75) is 19.6 Å². The van der Waals surface area contributed by atoms with Crippen molar-refractivity contribution in [2.75, 3.05) is 6.61 Å². The van der Waals surface area contributed by atoms with E-state index >= 15 is 0 Å². The molecule has 1 atom stereocenters. The molecular weight excluding hydrogens is 360 g/mol. The fourth-order valence-electron chi connectivity index (χ4n) is 2.75. The number of rotatable bonds is 2. The van der Waals surface area contributed by atoms with Crippen LogP contribution >= 0.6 is 22.9 Å². The van der Waals surface area contributed by atoms with Crippen molar-refractivity contribution in [1.82, 2.24) is 4.57 Å². The number of hydrogen-bond acceptors (Lipinski definition) is 4. The number of amides is 1. The Morgan fingerprint density at radius 3 is 2.92 bits per heavy atom. The summed E-state index contributed by atoms with van der Waals surface area (Å²) in [5.41, 5.74) is 1.01. The molecule has 1 amide bonds. The lowest BCUT2D eigenvalue weighted by molar-refractivity contribution is -0.127. The third kappa shape index (κ3) is 3.03. The van der Waals surface area contributed by atoms with Crippen LogP contribution in [0.5, 0.6) is 11.5 Å². The predicted octanol–water partition coefficient (Wildman–Crippen LogP) is 3.64. The van der Waals surface area contributed by atoms with Gasteiger partial charge in [0.25, 0.3) is 5.91 Å². The number of fused-ring (bicyclic) bond motifs is 2. The molecule has 0 fully saturated rings. The molecule has 0 saturated carbocycles. The molecule has 5 nitrogen and oxygen atoms in total. The zero-order chi connectivity index (χ0) is 17.4. The Bertz CT molecular complexity index is 1020. The number of nitrogens with zero attached hydrogens (tertiary/aromatic N) is 2. The zero-order valence-electron chi connectivity index (χ0n) is 13.4. The van der Waals surface area contributed by atoms with E-state index in [1.807, 2.05) is 47.9 Å². The summed E-state index contributed by atoms with van der Waals surface area (Å²) in [4.78, 5) is 17.5. The molecule has 2 aromatic carbocycles. The SMILES string of the molecule is CCn1c(=NC(=O)[C@@H]2COc3ccccc3O2)sc2cc(Cl)ccc21. The van der Waals surface area contributed by atoms with Gasteiger partial charge in [-0.2, -0.15) is 4.99 Å². The number of aryl methyl sites for hydroxylation is 1. The summed E-state index contributed by atoms with van der Waals surface area (Å²) in [7, 11) is 0. The lowest BCUT2D eigenvalue weighted by atomic mass is 10.2. The molecule has 0 spiro atoms. The van der Waals surface area contributed by atoms with Gasteiger partial charge in [-0.05, 0) is 37.3 Å². The summed E-state index contributed by atoms with van der Waals surface area (Å²) < 4.78 is 14.3. The Kier molecular flexibility index (Phi) is 4.23. The summed E-state index contributed by atoms with van der Waals surface area (Å²) in [5.74, 6) is 0.856. The molecule has 3 aromatic rings. The van der Waals surface area contributed by atoms with Crippen LogP contribution in [-0.4, -0.2) is 23.2 Å². The second kappa shape index (κ2) is 6.54. The van der Waals surface area contributed by atoms with Gasteiger partial charge >= 0.3 is 0 Å². The smallest absolute Gasteiger partial charge is 0.292 e. The molecular formula is C18H15ClN2O3S. The zero-order valence-corrected chi connectivity index (χ0v) is 15.0. The molecule has 1 aliphatic rings. The van der Waals surface area contributed by atoms with Gasteiger partial charge in [-0.15, -0.1) is 0 Å². The number of carbonyl (C=O) groups excluding carboxylic acids is 1. The summed E-state index contributed by atoms with van der Waals surface area (Å²) >= 11 is 7.50. The fourth-order valence-corrected chi connectivity index (χ4v) is 4.12. The third-order valence-electron chi connectivity index (χ3n) is 3.95. The van der Waals surface area contributed by atoms with E-state index in [2.05, 4.69) is 4.99 Å². The average molecular weight is 375 g/mol. The van der Waals surface area contributed by atoms with Crippen molar-refractivity contribution in [3.05, 3.63) is 52.3 Å². The van der Waals surface area contributed by atoms with E-state index in [-0.39, 0.29) is 12.5 Å². The Morgan fingerprint density at radius 1 is 1.32 bits per heavy atom. The number of aromatic nitrogens is 1. The van der Waals surface area contributed by atoms with Crippen LogP contribution < -0.4 is 14.3 Å². The summed E-state index contributed by atoms with van der Waals surface area (Å²) in [6.07, 6.45) is -0.742. The lowest BCUT2D eigenvalue weighted by Crippen LogP contribution is -2.36. The summed E-state index contributed by atoms with van der Waals surface area (Å²) in [6.45, 7) is 2.88. The summed E-state index contributed by atoms with van der Waals surface area (Å²) in [5, 5.41) is 0.663. The van der Waals surface area contributed by atoms with Crippen LogP contribution in [0.1, 0.15) is 6.92 Å². The first-order valence-corrected chi connectivity index (χ1v) is 9.11. The van der Waals surface area contributed by atoms with E-state index in [0.717, 1.165) is 10.2 Å². The van der Waals surface area contributed by atoms with Gasteiger partial charge in [0, 0.05) is 11.6 Å². The Hall–Kier alpha value is -2.31. The molecule has 0 bridgehead atoms. The highest BCUT2D eigenvalue weighted by molar-refractivity contribution is 7.16. The monoisotopic (exact) mass is 374 g/mol. The molecule has 1 aromatic heterocycles. The first-order chi connectivity index (χ1) is 12.2. The van der Waals surface area contributed by atoms with Crippen molar-refractivity contribution in [3.63, 3.8) is 0 Å². The molecule has 0 saturated heterocycles. The molecule has 1 aliphatic heterocycles. The first kappa shape index (κ1) is 16.2. The molecule has 2 heterocycles. The van der Waals surface area contributed by atoms with Gasteiger partial charge in [0.1, 0.15) is 6.61 Å². The van der Waals surface area contributed by atoms with Gasteiger partial charge in [0.15, 0.2) is 16.3 Å². The van der Waals surface area contributed by atoms with E-state index in [4.69, 9.17) is 21.1 Å². The molecule has 0 aliphatic carbocycles. The highest BCUT2D eigenvalue weighted by atomic mass is 35.5. The number of carbonyl (C=O) groups is 1. The van der Waals surface area contributed by atoms with Gasteiger partial charge in [-0.25, -0.2) is 0 Å². The molecule has 0 unspecified atom stereocenters. The normalized spacial score (nSPS) is 17.0. The number of halogens is 1. The van der Waals surface area contributed by atoms with Crippen molar-refractivity contribution in [1.29, 1.82) is 0 Å². The second-order valence-electron chi connectivity index (χ2n) is 5.56. The van der Waals surface area contributed by atoms with Crippen molar-refractivity contribution in [3.8, 4) is 11.5 Å². The van der Waals surface area contributed by atoms with E-state index in [9.17, 15) is 4.79 Å². The third-order valence-corrected chi connectivity index (χ3v) is 5.23. The minimum absolute atomic E-state index is 0.155. The van der Waals surface area contributed by atoms with Crippen LogP contribution in [0.15, 0.2) is 47.5 Å². The van der Waals surface area contributed by atoms with Gasteiger partial charge in [-0.3, -0.25) is 4.79 Å². The van der Waals surface area contributed by atoms with Crippen LogP contribution in [0.3, 0.4) is 0 Å². The van der Waals surface area contributed by atoms with Crippen LogP contribution in [-0.2, 0) is 11.3 Å². The Balaban J connectivity index is 1.69. The van der Waals surface area contributed by atoms with Gasteiger partial charge in [0.2, 0.25) is 6.10 Å². The molecule has 128 valence electrons. The maximum Gasteiger partial charge on any atom is 0.292 e. The lowest BCUT2D eigenvalue weighted by Gasteiger charge is -2.23. The highest BCUT2D eigenvalue weighted by Gasteiger charge is 2.27. The molecule has 0 radical (unpaired) electrons. The standard InChI is InChI=1S/C18H15ClN2O3S/c1-2-21-12-8-7-11(19)9-16(12)25-18(21)20-17(22)15-10-23-13-5-3-4-6-14(13)24-15/h3-9,15H,2,10H2,1H3/t15-/m0/s1. The van der Waals surface area contributed by atoms with Crippen molar-refractivity contribution < 1.29 is 14.3 Å². The topological polar surface area (TPSA) is 52.8 Å². The molecule has 0 N–H and O–H groups in total. The van der Waals surface area contributed by atoms with Gasteiger partial charge < -0.3 is 14.0 Å². The number of ether oxygens (including phenoxy) is 2. The quantitative estimate of drug-likeness (QED) is 0.688. The van der Waals surface area contributed by atoms with E-state index in [1.54, 1.807) is 6.07 Å².